The van der Waals surface area contributed by atoms with Crippen LogP contribution >= 0.6 is 11.8 Å². The third kappa shape index (κ3) is 3.12. The summed E-state index contributed by atoms with van der Waals surface area (Å²) < 4.78 is 18.9. The second-order valence-corrected chi connectivity index (χ2v) is 5.14. The lowest BCUT2D eigenvalue weighted by Gasteiger charge is -2.27. The average molecular weight is 300 g/mol. The van der Waals surface area contributed by atoms with Crippen LogP contribution in [0, 0.1) is 5.82 Å². The zero-order valence-corrected chi connectivity index (χ0v) is 12.2. The van der Waals surface area contributed by atoms with Crippen LogP contribution < -0.4 is 0 Å². The average Bonchev–Trinajstić information content (AvgIpc) is 2.41. The maximum Gasteiger partial charge on any atom is 0.328 e. The Labute approximate surface area is 121 Å². The molecule has 1 N–H and O–H groups in total. The van der Waals surface area contributed by atoms with Gasteiger partial charge in [-0.15, -0.1) is 0 Å². The fourth-order valence-electron chi connectivity index (χ4n) is 1.97. The first-order valence-electron chi connectivity index (χ1n) is 6.15. The lowest BCUT2D eigenvalue weighted by atomic mass is 9.77. The maximum absolute atomic E-state index is 14.0. The van der Waals surface area contributed by atoms with E-state index in [2.05, 4.69) is 0 Å². The van der Waals surface area contributed by atoms with Crippen LogP contribution in [-0.2, 0) is 19.7 Å². The molecule has 0 aromatic heterocycles. The first-order chi connectivity index (χ1) is 9.50. The number of rotatable bonds is 7. The Morgan fingerprint density at radius 2 is 2.05 bits per heavy atom. The molecule has 0 heterocycles. The molecule has 1 unspecified atom stereocenters. The molecule has 0 aliphatic rings. The van der Waals surface area contributed by atoms with E-state index in [0.717, 1.165) is 6.07 Å². The van der Waals surface area contributed by atoms with Gasteiger partial charge < -0.3 is 9.84 Å². The van der Waals surface area contributed by atoms with Crippen molar-refractivity contribution >= 4 is 23.7 Å². The van der Waals surface area contributed by atoms with Crippen molar-refractivity contribution in [1.82, 2.24) is 0 Å². The molecular weight excluding hydrogens is 283 g/mol. The van der Waals surface area contributed by atoms with Crippen LogP contribution in [0.3, 0.4) is 0 Å². The quantitative estimate of drug-likeness (QED) is 0.619. The van der Waals surface area contributed by atoms with Crippen molar-refractivity contribution in [3.05, 3.63) is 35.6 Å². The highest BCUT2D eigenvalue weighted by atomic mass is 32.2. The summed E-state index contributed by atoms with van der Waals surface area (Å²) >= 11 is 1.39. The number of hydrogen-bond donors (Lipinski definition) is 1. The number of halogens is 1. The molecule has 1 aromatic rings. The summed E-state index contributed by atoms with van der Waals surface area (Å²) in [4.78, 5) is 23.9. The highest BCUT2D eigenvalue weighted by molar-refractivity contribution is 7.98. The second kappa shape index (κ2) is 7.28. The number of carbonyl (C=O) groups excluding carboxylic acids is 1. The van der Waals surface area contributed by atoms with Gasteiger partial charge in [0.2, 0.25) is 0 Å². The molecule has 20 heavy (non-hydrogen) atoms. The van der Waals surface area contributed by atoms with Crippen molar-refractivity contribution in [3.8, 4) is 0 Å². The molecule has 4 nitrogen and oxygen atoms in total. The summed E-state index contributed by atoms with van der Waals surface area (Å²) in [5.41, 5.74) is -2.15. The van der Waals surface area contributed by atoms with Gasteiger partial charge in [0.05, 0.1) is 6.61 Å². The number of carboxylic acids is 1. The van der Waals surface area contributed by atoms with Gasteiger partial charge in [-0.05, 0) is 31.4 Å². The molecule has 0 amide bonds. The Hall–Kier alpha value is -1.56. The van der Waals surface area contributed by atoms with Crippen molar-refractivity contribution in [2.45, 2.75) is 18.8 Å². The van der Waals surface area contributed by atoms with Gasteiger partial charge in [-0.2, -0.15) is 11.8 Å². The number of ether oxygens (including phenoxy) is 1. The Morgan fingerprint density at radius 1 is 1.40 bits per heavy atom. The van der Waals surface area contributed by atoms with Crippen LogP contribution in [0.5, 0.6) is 0 Å². The second-order valence-electron chi connectivity index (χ2n) is 4.15. The number of thioether (sulfide) groups is 1. The fraction of sp³-hybridized carbons (Fsp3) is 0.429. The number of carbonyl (C=O) groups is 2. The number of benzene rings is 1. The molecule has 0 bridgehead atoms. The van der Waals surface area contributed by atoms with Gasteiger partial charge in [0, 0.05) is 5.56 Å². The Kier molecular flexibility index (Phi) is 6.01. The standard InChI is InChI=1S/C14H17FO4S/c1-3-19-13(18)14(12(16)17,8-9-20-2)10-6-4-5-7-11(10)15/h4-7H,3,8-9H2,1-2H3,(H,16,17). The number of aliphatic carboxylic acids is 1. The Morgan fingerprint density at radius 3 is 2.55 bits per heavy atom. The summed E-state index contributed by atoms with van der Waals surface area (Å²) in [6.45, 7) is 1.63. The van der Waals surface area contributed by atoms with Crippen LogP contribution in [0.2, 0.25) is 0 Å². The van der Waals surface area contributed by atoms with Gasteiger partial charge >= 0.3 is 11.9 Å². The van der Waals surface area contributed by atoms with Crippen molar-refractivity contribution in [3.63, 3.8) is 0 Å². The van der Waals surface area contributed by atoms with E-state index in [9.17, 15) is 19.1 Å². The van der Waals surface area contributed by atoms with Crippen molar-refractivity contribution in [1.29, 1.82) is 0 Å². The first kappa shape index (κ1) is 16.5. The van der Waals surface area contributed by atoms with Crippen molar-refractivity contribution < 1.29 is 23.8 Å². The van der Waals surface area contributed by atoms with E-state index in [4.69, 9.17) is 4.74 Å². The van der Waals surface area contributed by atoms with Gasteiger partial charge in [0.15, 0.2) is 5.41 Å². The number of hydrogen-bond acceptors (Lipinski definition) is 4. The maximum atomic E-state index is 14.0. The van der Waals surface area contributed by atoms with Crippen LogP contribution in [0.1, 0.15) is 18.9 Å². The van der Waals surface area contributed by atoms with Crippen molar-refractivity contribution in [2.75, 3.05) is 18.6 Å². The molecule has 110 valence electrons. The minimum Gasteiger partial charge on any atom is -0.480 e. The summed E-state index contributed by atoms with van der Waals surface area (Å²) in [5, 5.41) is 9.55. The van der Waals surface area contributed by atoms with Crippen LogP contribution in [0.15, 0.2) is 24.3 Å². The monoisotopic (exact) mass is 300 g/mol. The largest absolute Gasteiger partial charge is 0.480 e. The number of carboxylic acid groups (broad SMARTS) is 1. The zero-order valence-electron chi connectivity index (χ0n) is 11.4. The van der Waals surface area contributed by atoms with E-state index in [1.165, 1.54) is 30.0 Å². The molecule has 0 aliphatic heterocycles. The molecule has 0 fully saturated rings. The summed E-state index contributed by atoms with van der Waals surface area (Å²) in [6, 6.07) is 5.42. The van der Waals surface area contributed by atoms with Gasteiger partial charge in [-0.1, -0.05) is 18.2 Å². The molecule has 1 aromatic carbocycles. The lowest BCUT2D eigenvalue weighted by Crippen LogP contribution is -2.46. The summed E-state index contributed by atoms with van der Waals surface area (Å²) in [6.07, 6.45) is 1.77. The fourth-order valence-corrected chi connectivity index (χ4v) is 2.48. The molecule has 0 saturated heterocycles. The molecule has 6 heteroatoms. The minimum absolute atomic E-state index is 0.0245. The molecule has 0 aliphatic carbocycles. The third-order valence-electron chi connectivity index (χ3n) is 3.00. The lowest BCUT2D eigenvalue weighted by molar-refractivity contribution is -0.161. The van der Waals surface area contributed by atoms with Crippen LogP contribution in [0.4, 0.5) is 4.39 Å². The molecule has 0 radical (unpaired) electrons. The molecule has 1 atom stereocenters. The van der Waals surface area contributed by atoms with Crippen LogP contribution in [0.25, 0.3) is 0 Å². The van der Waals surface area contributed by atoms with Gasteiger partial charge in [-0.3, -0.25) is 9.59 Å². The van der Waals surface area contributed by atoms with Gasteiger partial charge in [0.25, 0.3) is 0 Å². The normalized spacial score (nSPS) is 13.6. The smallest absolute Gasteiger partial charge is 0.328 e. The predicted octanol–water partition coefficient (Wildman–Crippen LogP) is 2.46. The van der Waals surface area contributed by atoms with Crippen molar-refractivity contribution in [2.24, 2.45) is 0 Å². The molecule has 0 spiro atoms. The van der Waals surface area contributed by atoms with E-state index in [-0.39, 0.29) is 18.6 Å². The first-order valence-corrected chi connectivity index (χ1v) is 7.54. The van der Waals surface area contributed by atoms with E-state index < -0.39 is 23.2 Å². The zero-order chi connectivity index (χ0) is 15.2. The Bertz CT molecular complexity index is 492. The SMILES string of the molecule is CCOC(=O)C(CCSC)(C(=O)O)c1ccccc1F. The summed E-state index contributed by atoms with van der Waals surface area (Å²) in [7, 11) is 0. The van der Waals surface area contributed by atoms with Crippen LogP contribution in [-0.4, -0.2) is 35.7 Å². The number of esters is 1. The highest BCUT2D eigenvalue weighted by Crippen LogP contribution is 2.33. The topological polar surface area (TPSA) is 63.6 Å². The molecule has 0 saturated carbocycles. The molecule has 1 rings (SSSR count). The van der Waals surface area contributed by atoms with Gasteiger partial charge in [-0.25, -0.2) is 4.39 Å². The third-order valence-corrected chi connectivity index (χ3v) is 3.62. The van der Waals surface area contributed by atoms with E-state index >= 15 is 0 Å². The minimum atomic E-state index is -2.00. The molecular formula is C14H17FO4S. The predicted molar refractivity (Wildman–Crippen MR) is 75.3 cm³/mol. The summed E-state index contributed by atoms with van der Waals surface area (Å²) in [5.74, 6) is -2.63. The van der Waals surface area contributed by atoms with E-state index in [1.807, 2.05) is 0 Å². The Balaban J connectivity index is 3.40. The van der Waals surface area contributed by atoms with E-state index in [0.29, 0.717) is 5.75 Å². The van der Waals surface area contributed by atoms with E-state index in [1.54, 1.807) is 13.2 Å². The highest BCUT2D eigenvalue weighted by Gasteiger charge is 2.50. The van der Waals surface area contributed by atoms with Gasteiger partial charge in [0.1, 0.15) is 5.82 Å².